The van der Waals surface area contributed by atoms with Crippen LogP contribution in [0.1, 0.15) is 18.1 Å². The van der Waals surface area contributed by atoms with Gasteiger partial charge in [0.05, 0.1) is 0 Å². The summed E-state index contributed by atoms with van der Waals surface area (Å²) in [7, 11) is 1.55. The molecule has 5 heteroatoms. The molecule has 0 aliphatic carbocycles. The predicted octanol–water partition coefficient (Wildman–Crippen LogP) is 3.72. The quantitative estimate of drug-likeness (QED) is 0.801. The lowest BCUT2D eigenvalue weighted by Crippen LogP contribution is -2.34. The Morgan fingerprint density at radius 1 is 1.24 bits per heavy atom. The molecule has 0 aromatic heterocycles. The average molecular weight is 357 g/mol. The van der Waals surface area contributed by atoms with E-state index >= 15 is 0 Å². The van der Waals surface area contributed by atoms with Gasteiger partial charge in [-0.2, -0.15) is 0 Å². The largest absolute Gasteiger partial charge is 0.508 e. The van der Waals surface area contributed by atoms with Crippen molar-refractivity contribution in [3.8, 4) is 5.75 Å². The van der Waals surface area contributed by atoms with Crippen molar-refractivity contribution >= 4 is 17.7 Å². The first-order valence-corrected chi connectivity index (χ1v) is 9.44. The molecule has 0 spiro atoms. The number of likely N-dealkylation sites (tertiary alicyclic amines) is 1. The van der Waals surface area contributed by atoms with Gasteiger partial charge in [-0.3, -0.25) is 4.79 Å². The van der Waals surface area contributed by atoms with Crippen LogP contribution in [0.25, 0.3) is 0 Å². The molecule has 1 saturated heterocycles. The maximum absolute atomic E-state index is 12.8. The zero-order valence-corrected chi connectivity index (χ0v) is 15.1. The van der Waals surface area contributed by atoms with Crippen LogP contribution in [0, 0.1) is 5.92 Å². The summed E-state index contributed by atoms with van der Waals surface area (Å²) in [5, 5.41) is 9.41. The van der Waals surface area contributed by atoms with Gasteiger partial charge in [-0.25, -0.2) is 0 Å². The molecule has 0 radical (unpaired) electrons. The summed E-state index contributed by atoms with van der Waals surface area (Å²) in [6, 6.07) is 17.0. The van der Waals surface area contributed by atoms with Crippen LogP contribution in [-0.4, -0.2) is 41.9 Å². The maximum atomic E-state index is 12.8. The number of carbonyl (C=O) groups excluding carboxylic acids is 1. The van der Waals surface area contributed by atoms with Gasteiger partial charge in [-0.15, -0.1) is 11.8 Å². The van der Waals surface area contributed by atoms with Crippen molar-refractivity contribution in [3.63, 3.8) is 0 Å². The second kappa shape index (κ2) is 8.41. The lowest BCUT2D eigenvalue weighted by Gasteiger charge is -2.23. The van der Waals surface area contributed by atoms with Crippen molar-refractivity contribution in [2.45, 2.75) is 17.4 Å². The van der Waals surface area contributed by atoms with E-state index in [2.05, 4.69) is 12.1 Å². The normalized spacial score (nSPS) is 18.3. The number of ether oxygens (including phenoxy) is 1. The monoisotopic (exact) mass is 357 g/mol. The molecule has 2 aromatic rings. The molecular weight excluding hydrogens is 334 g/mol. The molecule has 1 heterocycles. The Morgan fingerprint density at radius 3 is 2.64 bits per heavy atom. The number of nitrogens with zero attached hydrogens (tertiary/aromatic N) is 1. The Kier molecular flexibility index (Phi) is 6.00. The molecule has 3 rings (SSSR count). The highest BCUT2D eigenvalue weighted by Gasteiger charge is 2.31. The van der Waals surface area contributed by atoms with E-state index in [1.54, 1.807) is 31.4 Å². The van der Waals surface area contributed by atoms with E-state index in [4.69, 9.17) is 4.74 Å². The zero-order chi connectivity index (χ0) is 17.6. The third kappa shape index (κ3) is 4.55. The summed E-state index contributed by atoms with van der Waals surface area (Å²) in [5.41, 5.74) is 0.771. The van der Waals surface area contributed by atoms with Gasteiger partial charge in [0.15, 0.2) is 6.10 Å². The van der Waals surface area contributed by atoms with E-state index < -0.39 is 6.10 Å². The number of benzene rings is 2. The molecule has 0 saturated carbocycles. The summed E-state index contributed by atoms with van der Waals surface area (Å²) in [6.45, 7) is 1.55. The van der Waals surface area contributed by atoms with E-state index in [0.717, 1.165) is 30.8 Å². The number of thioether (sulfide) groups is 1. The number of carbonyl (C=O) groups is 1. The fourth-order valence-corrected chi connectivity index (χ4v) is 4.14. The third-order valence-electron chi connectivity index (χ3n) is 4.48. The fraction of sp³-hybridized carbons (Fsp3) is 0.350. The number of phenols is 1. The minimum absolute atomic E-state index is 0.000371. The average Bonchev–Trinajstić information content (AvgIpc) is 3.12. The molecule has 1 N–H and O–H groups in total. The van der Waals surface area contributed by atoms with Gasteiger partial charge in [-0.05, 0) is 42.2 Å². The molecule has 132 valence electrons. The third-order valence-corrected chi connectivity index (χ3v) is 5.73. The lowest BCUT2D eigenvalue weighted by molar-refractivity contribution is -0.141. The van der Waals surface area contributed by atoms with Gasteiger partial charge in [0.2, 0.25) is 0 Å². The van der Waals surface area contributed by atoms with E-state index in [1.807, 2.05) is 34.9 Å². The zero-order valence-electron chi connectivity index (χ0n) is 14.3. The lowest BCUT2D eigenvalue weighted by atomic mass is 10.1. The van der Waals surface area contributed by atoms with Gasteiger partial charge in [0.1, 0.15) is 5.75 Å². The summed E-state index contributed by atoms with van der Waals surface area (Å²) in [5.74, 6) is 1.71. The molecule has 2 aromatic carbocycles. The number of hydrogen-bond acceptors (Lipinski definition) is 4. The first-order chi connectivity index (χ1) is 12.2. The van der Waals surface area contributed by atoms with Crippen LogP contribution in [0.15, 0.2) is 59.5 Å². The van der Waals surface area contributed by atoms with E-state index in [-0.39, 0.29) is 11.7 Å². The highest BCUT2D eigenvalue weighted by Crippen LogP contribution is 2.29. The molecular formula is C20H23NO3S. The minimum atomic E-state index is -0.610. The molecule has 1 amide bonds. The first-order valence-electron chi connectivity index (χ1n) is 8.45. The topological polar surface area (TPSA) is 49.8 Å². The number of rotatable bonds is 6. The minimum Gasteiger partial charge on any atom is -0.508 e. The second-order valence-corrected chi connectivity index (χ2v) is 7.36. The molecule has 1 aliphatic heterocycles. The molecule has 0 unspecified atom stereocenters. The smallest absolute Gasteiger partial charge is 0.256 e. The summed E-state index contributed by atoms with van der Waals surface area (Å²) in [6.07, 6.45) is 0.415. The number of amides is 1. The molecule has 1 aliphatic rings. The van der Waals surface area contributed by atoms with Crippen molar-refractivity contribution in [2.75, 3.05) is 26.0 Å². The van der Waals surface area contributed by atoms with Crippen LogP contribution in [0.2, 0.25) is 0 Å². The van der Waals surface area contributed by atoms with Crippen LogP contribution in [0.3, 0.4) is 0 Å². The fourth-order valence-electron chi connectivity index (χ4n) is 3.09. The SMILES string of the molecule is CO[C@H](C(=O)N1CC[C@H](CSc2ccccc2)C1)c1ccc(O)cc1. The van der Waals surface area contributed by atoms with Crippen molar-refractivity contribution in [3.05, 3.63) is 60.2 Å². The van der Waals surface area contributed by atoms with Crippen molar-refractivity contribution in [2.24, 2.45) is 5.92 Å². The summed E-state index contributed by atoms with van der Waals surface area (Å²) in [4.78, 5) is 16.0. The highest BCUT2D eigenvalue weighted by molar-refractivity contribution is 7.99. The molecule has 0 bridgehead atoms. The van der Waals surface area contributed by atoms with Crippen molar-refractivity contribution in [1.29, 1.82) is 0 Å². The maximum Gasteiger partial charge on any atom is 0.256 e. The van der Waals surface area contributed by atoms with Crippen molar-refractivity contribution in [1.82, 2.24) is 4.90 Å². The number of aromatic hydroxyl groups is 1. The second-order valence-electron chi connectivity index (χ2n) is 6.27. The van der Waals surface area contributed by atoms with Crippen LogP contribution in [0.4, 0.5) is 0 Å². The number of phenolic OH excluding ortho intramolecular Hbond substituents is 1. The van der Waals surface area contributed by atoms with Crippen LogP contribution < -0.4 is 0 Å². The van der Waals surface area contributed by atoms with Crippen LogP contribution in [-0.2, 0) is 9.53 Å². The first kappa shape index (κ1) is 17.8. The Labute approximate surface area is 152 Å². The molecule has 1 fully saturated rings. The molecule has 2 atom stereocenters. The van der Waals surface area contributed by atoms with Gasteiger partial charge in [0, 0.05) is 30.8 Å². The summed E-state index contributed by atoms with van der Waals surface area (Å²) >= 11 is 1.85. The number of hydrogen-bond donors (Lipinski definition) is 1. The van der Waals surface area contributed by atoms with Crippen LogP contribution in [0.5, 0.6) is 5.75 Å². The van der Waals surface area contributed by atoms with Crippen molar-refractivity contribution < 1.29 is 14.6 Å². The van der Waals surface area contributed by atoms with Crippen LogP contribution >= 0.6 is 11.8 Å². The Hall–Kier alpha value is -1.98. The van der Waals surface area contributed by atoms with E-state index in [0.29, 0.717) is 5.92 Å². The standard InChI is InChI=1S/C20H23NO3S/c1-24-19(16-7-9-17(22)10-8-16)20(23)21-12-11-15(13-21)14-25-18-5-3-2-4-6-18/h2-10,15,19,22H,11-14H2,1H3/t15-,19-/m0/s1. The molecule has 25 heavy (non-hydrogen) atoms. The van der Waals surface area contributed by atoms with Gasteiger partial charge in [0.25, 0.3) is 5.91 Å². The molecule has 4 nitrogen and oxygen atoms in total. The Balaban J connectivity index is 1.56. The van der Waals surface area contributed by atoms with Gasteiger partial charge in [-0.1, -0.05) is 30.3 Å². The predicted molar refractivity (Wildman–Crippen MR) is 99.7 cm³/mol. The Morgan fingerprint density at radius 2 is 1.96 bits per heavy atom. The van der Waals surface area contributed by atoms with E-state index in [1.165, 1.54) is 4.90 Å². The number of methoxy groups -OCH3 is 1. The van der Waals surface area contributed by atoms with Gasteiger partial charge < -0.3 is 14.7 Å². The van der Waals surface area contributed by atoms with Gasteiger partial charge >= 0.3 is 0 Å². The summed E-state index contributed by atoms with van der Waals surface area (Å²) < 4.78 is 5.44. The highest BCUT2D eigenvalue weighted by atomic mass is 32.2. The van der Waals surface area contributed by atoms with E-state index in [9.17, 15) is 9.90 Å². The Bertz CT molecular complexity index is 690.